The topological polar surface area (TPSA) is 20.3 Å². The highest BCUT2D eigenvalue weighted by molar-refractivity contribution is 6.18. The lowest BCUT2D eigenvalue weighted by Crippen LogP contribution is -2.36. The van der Waals surface area contributed by atoms with Gasteiger partial charge in [0.2, 0.25) is 0 Å². The third-order valence-corrected chi connectivity index (χ3v) is 3.35. The second-order valence-corrected chi connectivity index (χ2v) is 4.49. The standard InChI is InChI=1S/C13H18ClNO/c1-9-6-5-7-10(2)12(9)13(16)15(4)11(3)8-14/h5-7,11H,8H2,1-4H3. The van der Waals surface area contributed by atoms with Gasteiger partial charge in [-0.25, -0.2) is 0 Å². The van der Waals surface area contributed by atoms with E-state index in [0.717, 1.165) is 16.7 Å². The highest BCUT2D eigenvalue weighted by atomic mass is 35.5. The molecule has 1 unspecified atom stereocenters. The molecule has 0 heterocycles. The first kappa shape index (κ1) is 13.0. The fourth-order valence-corrected chi connectivity index (χ4v) is 1.84. The summed E-state index contributed by atoms with van der Waals surface area (Å²) in [7, 11) is 1.79. The molecule has 0 fully saturated rings. The summed E-state index contributed by atoms with van der Waals surface area (Å²) in [4.78, 5) is 14.0. The molecule has 1 amide bonds. The Morgan fingerprint density at radius 1 is 1.38 bits per heavy atom. The molecule has 88 valence electrons. The Balaban J connectivity index is 3.05. The van der Waals surface area contributed by atoms with Crippen LogP contribution < -0.4 is 0 Å². The summed E-state index contributed by atoms with van der Waals surface area (Å²) in [5.74, 6) is 0.497. The van der Waals surface area contributed by atoms with Crippen LogP contribution in [0.25, 0.3) is 0 Å². The van der Waals surface area contributed by atoms with Crippen LogP contribution in [-0.4, -0.2) is 29.8 Å². The average Bonchev–Trinajstić information content (AvgIpc) is 2.26. The molecular formula is C13H18ClNO. The second-order valence-electron chi connectivity index (χ2n) is 4.19. The number of rotatable bonds is 3. The second kappa shape index (κ2) is 5.35. The van der Waals surface area contributed by atoms with Crippen molar-refractivity contribution in [3.05, 3.63) is 34.9 Å². The number of amides is 1. The van der Waals surface area contributed by atoms with Crippen molar-refractivity contribution in [2.75, 3.05) is 12.9 Å². The molecule has 1 atom stereocenters. The molecule has 0 aromatic heterocycles. The molecule has 0 radical (unpaired) electrons. The van der Waals surface area contributed by atoms with E-state index < -0.39 is 0 Å². The Morgan fingerprint density at radius 3 is 2.31 bits per heavy atom. The van der Waals surface area contributed by atoms with Gasteiger partial charge in [-0.3, -0.25) is 4.79 Å². The minimum absolute atomic E-state index is 0.0451. The lowest BCUT2D eigenvalue weighted by Gasteiger charge is -2.24. The van der Waals surface area contributed by atoms with Gasteiger partial charge in [-0.1, -0.05) is 18.2 Å². The van der Waals surface area contributed by atoms with E-state index in [2.05, 4.69) is 0 Å². The van der Waals surface area contributed by atoms with E-state index in [1.807, 2.05) is 39.0 Å². The van der Waals surface area contributed by atoms with Crippen molar-refractivity contribution >= 4 is 17.5 Å². The summed E-state index contributed by atoms with van der Waals surface area (Å²) in [6, 6.07) is 5.93. The minimum atomic E-state index is 0.0451. The molecule has 0 spiro atoms. The number of carbonyl (C=O) groups is 1. The maximum atomic E-state index is 12.3. The summed E-state index contributed by atoms with van der Waals surface area (Å²) in [6.45, 7) is 5.86. The zero-order chi connectivity index (χ0) is 12.3. The maximum absolute atomic E-state index is 12.3. The highest BCUT2D eigenvalue weighted by Gasteiger charge is 2.19. The van der Waals surface area contributed by atoms with E-state index in [1.54, 1.807) is 11.9 Å². The first-order valence-electron chi connectivity index (χ1n) is 5.38. The first-order valence-corrected chi connectivity index (χ1v) is 5.91. The number of benzene rings is 1. The lowest BCUT2D eigenvalue weighted by molar-refractivity contribution is 0.0755. The molecular weight excluding hydrogens is 222 g/mol. The Kier molecular flexibility index (Phi) is 4.36. The number of aryl methyl sites for hydroxylation is 2. The Hall–Kier alpha value is -1.02. The van der Waals surface area contributed by atoms with Gasteiger partial charge in [0.05, 0.1) is 0 Å². The van der Waals surface area contributed by atoms with Crippen LogP contribution in [0.3, 0.4) is 0 Å². The van der Waals surface area contributed by atoms with E-state index in [0.29, 0.717) is 5.88 Å². The van der Waals surface area contributed by atoms with Crippen LogP contribution in [0.1, 0.15) is 28.4 Å². The minimum Gasteiger partial charge on any atom is -0.338 e. The molecule has 0 bridgehead atoms. The molecule has 2 nitrogen and oxygen atoms in total. The highest BCUT2D eigenvalue weighted by Crippen LogP contribution is 2.16. The number of hydrogen-bond acceptors (Lipinski definition) is 1. The van der Waals surface area contributed by atoms with Gasteiger partial charge in [-0.05, 0) is 31.9 Å². The molecule has 1 rings (SSSR count). The van der Waals surface area contributed by atoms with Crippen molar-refractivity contribution in [2.45, 2.75) is 26.8 Å². The summed E-state index contributed by atoms with van der Waals surface area (Å²) < 4.78 is 0. The predicted octanol–water partition coefficient (Wildman–Crippen LogP) is 3.00. The van der Waals surface area contributed by atoms with Gasteiger partial charge >= 0.3 is 0 Å². The van der Waals surface area contributed by atoms with Gasteiger partial charge in [-0.15, -0.1) is 11.6 Å². The third-order valence-electron chi connectivity index (χ3n) is 2.90. The Bertz CT molecular complexity index is 369. The van der Waals surface area contributed by atoms with Crippen molar-refractivity contribution in [2.24, 2.45) is 0 Å². The number of alkyl halides is 1. The van der Waals surface area contributed by atoms with Crippen molar-refractivity contribution in [1.29, 1.82) is 0 Å². The smallest absolute Gasteiger partial charge is 0.254 e. The van der Waals surface area contributed by atoms with Gasteiger partial charge in [0.1, 0.15) is 0 Å². The summed E-state index contributed by atoms with van der Waals surface area (Å²) in [5, 5.41) is 0. The first-order chi connectivity index (χ1) is 7.49. The number of hydrogen-bond donors (Lipinski definition) is 0. The van der Waals surface area contributed by atoms with Crippen LogP contribution in [0.5, 0.6) is 0 Å². The van der Waals surface area contributed by atoms with Crippen molar-refractivity contribution < 1.29 is 4.79 Å². The summed E-state index contributed by atoms with van der Waals surface area (Å²) in [5.41, 5.74) is 2.82. The maximum Gasteiger partial charge on any atom is 0.254 e. The number of nitrogens with zero attached hydrogens (tertiary/aromatic N) is 1. The normalized spacial score (nSPS) is 12.3. The van der Waals surface area contributed by atoms with E-state index in [9.17, 15) is 4.79 Å². The summed E-state index contributed by atoms with van der Waals surface area (Å²) >= 11 is 5.76. The Morgan fingerprint density at radius 2 is 1.88 bits per heavy atom. The van der Waals surface area contributed by atoms with Crippen LogP contribution in [0.4, 0.5) is 0 Å². The van der Waals surface area contributed by atoms with Gasteiger partial charge in [0, 0.05) is 24.5 Å². The average molecular weight is 240 g/mol. The quantitative estimate of drug-likeness (QED) is 0.743. The molecule has 0 aliphatic heterocycles. The predicted molar refractivity (Wildman–Crippen MR) is 68.2 cm³/mol. The van der Waals surface area contributed by atoms with E-state index in [1.165, 1.54) is 0 Å². The van der Waals surface area contributed by atoms with E-state index in [4.69, 9.17) is 11.6 Å². The monoisotopic (exact) mass is 239 g/mol. The van der Waals surface area contributed by atoms with Crippen molar-refractivity contribution in [3.8, 4) is 0 Å². The SMILES string of the molecule is Cc1cccc(C)c1C(=O)N(C)C(C)CCl. The van der Waals surface area contributed by atoms with Crippen LogP contribution in [-0.2, 0) is 0 Å². The van der Waals surface area contributed by atoms with E-state index in [-0.39, 0.29) is 11.9 Å². The zero-order valence-electron chi connectivity index (χ0n) is 10.2. The van der Waals surface area contributed by atoms with Gasteiger partial charge in [0.15, 0.2) is 0 Å². The molecule has 0 aliphatic carbocycles. The van der Waals surface area contributed by atoms with Crippen LogP contribution in [0.15, 0.2) is 18.2 Å². The molecule has 16 heavy (non-hydrogen) atoms. The Labute approximate surface area is 102 Å². The molecule has 1 aromatic rings. The fourth-order valence-electron chi connectivity index (χ4n) is 1.63. The van der Waals surface area contributed by atoms with E-state index >= 15 is 0 Å². The lowest BCUT2D eigenvalue weighted by atomic mass is 10.0. The number of carbonyl (C=O) groups excluding carboxylic acids is 1. The molecule has 0 saturated carbocycles. The largest absolute Gasteiger partial charge is 0.338 e. The van der Waals surface area contributed by atoms with Crippen LogP contribution in [0, 0.1) is 13.8 Å². The molecule has 0 N–H and O–H groups in total. The van der Waals surface area contributed by atoms with Gasteiger partial charge in [0.25, 0.3) is 5.91 Å². The van der Waals surface area contributed by atoms with Crippen LogP contribution >= 0.6 is 11.6 Å². The third kappa shape index (κ3) is 2.56. The van der Waals surface area contributed by atoms with Crippen LogP contribution in [0.2, 0.25) is 0 Å². The zero-order valence-corrected chi connectivity index (χ0v) is 11.0. The number of halogens is 1. The van der Waals surface area contributed by atoms with Gasteiger partial charge in [-0.2, -0.15) is 0 Å². The summed E-state index contributed by atoms with van der Waals surface area (Å²) in [6.07, 6.45) is 0. The van der Waals surface area contributed by atoms with Crippen molar-refractivity contribution in [1.82, 2.24) is 4.90 Å². The molecule has 0 saturated heterocycles. The molecule has 3 heteroatoms. The fraction of sp³-hybridized carbons (Fsp3) is 0.462. The molecule has 1 aromatic carbocycles. The van der Waals surface area contributed by atoms with Gasteiger partial charge < -0.3 is 4.90 Å². The molecule has 0 aliphatic rings. The van der Waals surface area contributed by atoms with Crippen molar-refractivity contribution in [3.63, 3.8) is 0 Å².